The molecule has 4 aliphatic rings. The van der Waals surface area contributed by atoms with Crippen LogP contribution in [0.25, 0.3) is 0 Å². The Morgan fingerprint density at radius 2 is 2.03 bits per heavy atom. The van der Waals surface area contributed by atoms with Crippen LogP contribution in [0.3, 0.4) is 0 Å². The Bertz CT molecular complexity index is 1140. The van der Waals surface area contributed by atoms with Gasteiger partial charge < -0.3 is 25.8 Å². The lowest BCUT2D eigenvalue weighted by atomic mass is 9.83. The number of anilines is 4. The van der Waals surface area contributed by atoms with E-state index in [2.05, 4.69) is 61.9 Å². The lowest BCUT2D eigenvalue weighted by molar-refractivity contribution is -0.127. The van der Waals surface area contributed by atoms with Gasteiger partial charge in [0.15, 0.2) is 11.6 Å². The molecule has 0 spiro atoms. The van der Waals surface area contributed by atoms with E-state index < -0.39 is 5.82 Å². The Kier molecular flexibility index (Phi) is 6.19. The molecule has 3 saturated carbocycles. The molecular weight excluding hydrogens is 457 g/mol. The molecule has 36 heavy (non-hydrogen) atoms. The zero-order valence-corrected chi connectivity index (χ0v) is 21.1. The van der Waals surface area contributed by atoms with Gasteiger partial charge in [-0.25, -0.2) is 9.37 Å². The fourth-order valence-corrected chi connectivity index (χ4v) is 6.32. The summed E-state index contributed by atoms with van der Waals surface area (Å²) in [7, 11) is 4.19. The van der Waals surface area contributed by atoms with Gasteiger partial charge in [0.25, 0.3) is 0 Å². The quantitative estimate of drug-likeness (QED) is 0.494. The Hall–Kier alpha value is -2.94. The van der Waals surface area contributed by atoms with Crippen molar-refractivity contribution in [1.82, 2.24) is 20.2 Å². The highest BCUT2D eigenvalue weighted by Crippen LogP contribution is 2.50. The van der Waals surface area contributed by atoms with Gasteiger partial charge in [0.2, 0.25) is 11.9 Å². The van der Waals surface area contributed by atoms with E-state index in [0.717, 1.165) is 63.8 Å². The zero-order chi connectivity index (χ0) is 24.8. The van der Waals surface area contributed by atoms with Crippen molar-refractivity contribution in [3.63, 3.8) is 0 Å². The molecule has 1 aromatic carbocycles. The summed E-state index contributed by atoms with van der Waals surface area (Å²) in [5.74, 6) is 0.777. The predicted molar refractivity (Wildman–Crippen MR) is 139 cm³/mol. The first-order valence-corrected chi connectivity index (χ1v) is 13.3. The molecule has 2 bridgehead atoms. The fraction of sp³-hybridized carbons (Fsp3) is 0.593. The molecule has 1 aromatic heterocycles. The molecule has 0 saturated heterocycles. The molecule has 6 rings (SSSR count). The van der Waals surface area contributed by atoms with Gasteiger partial charge in [0, 0.05) is 43.1 Å². The van der Waals surface area contributed by atoms with Crippen LogP contribution in [-0.2, 0) is 11.2 Å². The van der Waals surface area contributed by atoms with Crippen LogP contribution < -0.4 is 20.9 Å². The van der Waals surface area contributed by atoms with E-state index in [0.29, 0.717) is 23.8 Å². The van der Waals surface area contributed by atoms with Crippen molar-refractivity contribution in [3.8, 4) is 0 Å². The minimum Gasteiger partial charge on any atom is -0.370 e. The summed E-state index contributed by atoms with van der Waals surface area (Å²) >= 11 is 0. The van der Waals surface area contributed by atoms with Crippen molar-refractivity contribution in [2.24, 2.45) is 17.8 Å². The lowest BCUT2D eigenvalue weighted by Gasteiger charge is -2.31. The van der Waals surface area contributed by atoms with Gasteiger partial charge in [-0.05, 0) is 88.2 Å². The van der Waals surface area contributed by atoms with Crippen LogP contribution in [0.4, 0.5) is 27.5 Å². The van der Waals surface area contributed by atoms with Crippen LogP contribution in [0.5, 0.6) is 0 Å². The van der Waals surface area contributed by atoms with Crippen LogP contribution in [0.15, 0.2) is 24.4 Å². The van der Waals surface area contributed by atoms with Crippen LogP contribution >= 0.6 is 0 Å². The average Bonchev–Trinajstić information content (AvgIpc) is 3.25. The number of rotatable bonds is 9. The highest BCUT2D eigenvalue weighted by atomic mass is 19.1. The second-order valence-electron chi connectivity index (χ2n) is 11.2. The smallest absolute Gasteiger partial charge is 0.229 e. The molecule has 0 radical (unpaired) electrons. The van der Waals surface area contributed by atoms with Gasteiger partial charge >= 0.3 is 0 Å². The van der Waals surface area contributed by atoms with Crippen LogP contribution in [-0.4, -0.2) is 66.6 Å². The van der Waals surface area contributed by atoms with Crippen molar-refractivity contribution >= 4 is 29.0 Å². The number of likely N-dealkylation sites (N-methyl/N-ethyl adjacent to an activating group) is 1. The molecule has 2 aromatic rings. The summed E-state index contributed by atoms with van der Waals surface area (Å²) in [6.07, 6.45) is 7.53. The van der Waals surface area contributed by atoms with Crippen LogP contribution in [0.1, 0.15) is 37.7 Å². The zero-order valence-electron chi connectivity index (χ0n) is 21.1. The number of aromatic nitrogens is 2. The number of hydrogen-bond acceptors (Lipinski definition) is 7. The maximum Gasteiger partial charge on any atom is 0.229 e. The first-order valence-electron chi connectivity index (χ1n) is 13.3. The molecule has 192 valence electrons. The number of nitrogens with zero attached hydrogens (tertiary/aromatic N) is 4. The Labute approximate surface area is 212 Å². The maximum absolute atomic E-state index is 14.8. The molecular formula is C27H36FN7O. The molecule has 2 heterocycles. The third-order valence-electron chi connectivity index (χ3n) is 8.33. The Balaban J connectivity index is 1.15. The van der Waals surface area contributed by atoms with Gasteiger partial charge in [0.1, 0.15) is 0 Å². The van der Waals surface area contributed by atoms with E-state index in [4.69, 9.17) is 0 Å². The topological polar surface area (TPSA) is 85.4 Å². The molecule has 8 nitrogen and oxygen atoms in total. The van der Waals surface area contributed by atoms with E-state index in [9.17, 15) is 9.18 Å². The van der Waals surface area contributed by atoms with Gasteiger partial charge in [-0.2, -0.15) is 4.98 Å². The first-order chi connectivity index (χ1) is 17.4. The second kappa shape index (κ2) is 9.50. The van der Waals surface area contributed by atoms with E-state index >= 15 is 0 Å². The Morgan fingerprint density at radius 1 is 1.19 bits per heavy atom. The van der Waals surface area contributed by atoms with Crippen molar-refractivity contribution in [2.45, 2.75) is 50.6 Å². The number of halogens is 1. The molecule has 1 aliphatic heterocycles. The molecule has 3 aliphatic carbocycles. The summed E-state index contributed by atoms with van der Waals surface area (Å²) < 4.78 is 14.8. The fourth-order valence-electron chi connectivity index (χ4n) is 6.32. The normalized spacial score (nSPS) is 26.4. The molecule has 3 fully saturated rings. The number of benzene rings is 1. The Morgan fingerprint density at radius 3 is 2.83 bits per heavy atom. The first kappa shape index (κ1) is 23.5. The van der Waals surface area contributed by atoms with Crippen LogP contribution in [0, 0.1) is 23.6 Å². The summed E-state index contributed by atoms with van der Waals surface area (Å²) in [6.45, 7) is 3.04. The number of amides is 1. The van der Waals surface area contributed by atoms with Gasteiger partial charge in [0.05, 0.1) is 12.1 Å². The number of hydrogen-bond donors (Lipinski definition) is 3. The summed E-state index contributed by atoms with van der Waals surface area (Å²) in [5, 5.41) is 9.75. The average molecular weight is 494 g/mol. The monoisotopic (exact) mass is 493 g/mol. The van der Waals surface area contributed by atoms with Crippen molar-refractivity contribution in [1.29, 1.82) is 0 Å². The summed E-state index contributed by atoms with van der Waals surface area (Å²) in [4.78, 5) is 26.3. The largest absolute Gasteiger partial charge is 0.370 e. The number of carbonyl (C=O) groups excluding carboxylic acids is 1. The molecule has 1 amide bonds. The molecule has 3 N–H and O–H groups in total. The summed E-state index contributed by atoms with van der Waals surface area (Å²) in [5.41, 5.74) is 3.46. The molecule has 4 unspecified atom stereocenters. The predicted octanol–water partition coefficient (Wildman–Crippen LogP) is 3.39. The molecule has 4 atom stereocenters. The van der Waals surface area contributed by atoms with E-state index in [1.165, 1.54) is 17.4 Å². The van der Waals surface area contributed by atoms with Crippen molar-refractivity contribution in [2.75, 3.05) is 49.3 Å². The number of carbonyl (C=O) groups is 1. The third kappa shape index (κ3) is 4.73. The van der Waals surface area contributed by atoms with Gasteiger partial charge in [-0.15, -0.1) is 0 Å². The summed E-state index contributed by atoms with van der Waals surface area (Å²) in [6, 6.07) is 6.55. The molecule has 9 heteroatoms. The van der Waals surface area contributed by atoms with Gasteiger partial charge in [-0.3, -0.25) is 4.79 Å². The second-order valence-corrected chi connectivity index (χ2v) is 11.2. The third-order valence-corrected chi connectivity index (χ3v) is 8.33. The van der Waals surface area contributed by atoms with E-state index in [1.54, 1.807) is 0 Å². The highest BCUT2D eigenvalue weighted by Gasteiger charge is 2.51. The van der Waals surface area contributed by atoms with Gasteiger partial charge in [-0.1, -0.05) is 0 Å². The minimum absolute atomic E-state index is 0.0899. The van der Waals surface area contributed by atoms with E-state index in [-0.39, 0.29) is 23.7 Å². The highest BCUT2D eigenvalue weighted by molar-refractivity contribution is 5.81. The lowest BCUT2D eigenvalue weighted by Crippen LogP contribution is -2.45. The van der Waals surface area contributed by atoms with E-state index in [1.807, 2.05) is 6.07 Å². The van der Waals surface area contributed by atoms with Crippen molar-refractivity contribution in [3.05, 3.63) is 35.8 Å². The van der Waals surface area contributed by atoms with Crippen molar-refractivity contribution < 1.29 is 9.18 Å². The maximum atomic E-state index is 14.8. The van der Waals surface area contributed by atoms with Crippen LogP contribution in [0.2, 0.25) is 0 Å². The minimum atomic E-state index is -0.491. The number of fused-ring (bicyclic) bond motifs is 3. The number of nitrogens with one attached hydrogen (secondary N) is 3. The standard InChI is InChI=1S/C27H36FN7O/c1-34(2)11-12-35-10-9-16-14-20(7-8-22(16)35)31-27-29-15-21(28)25(33-27)32-24-18-4-3-17(13-18)23(24)26(36)30-19-5-6-19/h7-8,14-15,17-19,23-24H,3-6,9-13H2,1-2H3,(H,30,36)(H2,29,31,32,33). The SMILES string of the molecule is CN(C)CCN1CCc2cc(Nc3ncc(F)c(NC4C5CCC(C5)C4C(=O)NC4CC4)n3)ccc21.